The van der Waals surface area contributed by atoms with E-state index < -0.39 is 11.7 Å². The molecule has 1 saturated heterocycles. The van der Waals surface area contributed by atoms with Crippen LogP contribution in [-0.4, -0.2) is 24.3 Å². The van der Waals surface area contributed by atoms with Crippen molar-refractivity contribution in [3.63, 3.8) is 0 Å². The Bertz CT molecular complexity index is 1130. The molecule has 3 amide bonds. The van der Waals surface area contributed by atoms with Gasteiger partial charge >= 0.3 is 0 Å². The highest BCUT2D eigenvalue weighted by molar-refractivity contribution is 6.07. The minimum absolute atomic E-state index is 0.0472. The van der Waals surface area contributed by atoms with Crippen LogP contribution in [0.15, 0.2) is 78.9 Å². The zero-order valence-electron chi connectivity index (χ0n) is 17.3. The molecule has 1 aliphatic rings. The summed E-state index contributed by atoms with van der Waals surface area (Å²) >= 11 is 0. The fourth-order valence-electron chi connectivity index (χ4n) is 3.65. The number of nitrogens with one attached hydrogen (secondary N) is 2. The molecular formula is C25H22FN3O3. The highest BCUT2D eigenvalue weighted by Gasteiger charge is 2.35. The minimum atomic E-state index is -0.576. The molecule has 32 heavy (non-hydrogen) atoms. The van der Waals surface area contributed by atoms with Crippen molar-refractivity contribution in [3.8, 4) is 0 Å². The Morgan fingerprint density at radius 3 is 2.38 bits per heavy atom. The second-order valence-corrected chi connectivity index (χ2v) is 7.58. The van der Waals surface area contributed by atoms with Crippen LogP contribution < -0.4 is 15.5 Å². The molecule has 0 spiro atoms. The van der Waals surface area contributed by atoms with Crippen LogP contribution in [0, 0.1) is 11.7 Å². The first-order valence-electron chi connectivity index (χ1n) is 10.3. The molecule has 0 bridgehead atoms. The van der Waals surface area contributed by atoms with Gasteiger partial charge in [-0.2, -0.15) is 0 Å². The molecule has 4 rings (SSSR count). The molecule has 0 saturated carbocycles. The van der Waals surface area contributed by atoms with Crippen LogP contribution in [0.25, 0.3) is 0 Å². The first-order valence-corrected chi connectivity index (χ1v) is 10.3. The van der Waals surface area contributed by atoms with Crippen molar-refractivity contribution in [2.45, 2.75) is 13.0 Å². The van der Waals surface area contributed by atoms with Crippen molar-refractivity contribution in [2.75, 3.05) is 16.8 Å². The third-order valence-corrected chi connectivity index (χ3v) is 5.36. The lowest BCUT2D eigenvalue weighted by Crippen LogP contribution is -2.29. The van der Waals surface area contributed by atoms with Gasteiger partial charge in [-0.05, 0) is 42.0 Å². The van der Waals surface area contributed by atoms with Gasteiger partial charge in [0.25, 0.3) is 5.91 Å². The van der Waals surface area contributed by atoms with Crippen LogP contribution in [0.4, 0.5) is 15.8 Å². The Labute approximate surface area is 185 Å². The molecule has 1 fully saturated rings. The molecule has 7 heteroatoms. The Morgan fingerprint density at radius 2 is 1.62 bits per heavy atom. The number of hydrogen-bond acceptors (Lipinski definition) is 3. The predicted molar refractivity (Wildman–Crippen MR) is 120 cm³/mol. The number of carbonyl (C=O) groups is 3. The van der Waals surface area contributed by atoms with E-state index in [1.165, 1.54) is 29.2 Å². The van der Waals surface area contributed by atoms with E-state index in [1.54, 1.807) is 24.3 Å². The van der Waals surface area contributed by atoms with Gasteiger partial charge in [0.2, 0.25) is 11.8 Å². The molecule has 2 N–H and O–H groups in total. The van der Waals surface area contributed by atoms with E-state index in [-0.39, 0.29) is 30.7 Å². The van der Waals surface area contributed by atoms with Gasteiger partial charge in [-0.25, -0.2) is 4.39 Å². The predicted octanol–water partition coefficient (Wildman–Crippen LogP) is 3.75. The second-order valence-electron chi connectivity index (χ2n) is 7.58. The van der Waals surface area contributed by atoms with Crippen LogP contribution >= 0.6 is 0 Å². The summed E-state index contributed by atoms with van der Waals surface area (Å²) in [5.74, 6) is -1.82. The average Bonchev–Trinajstić information content (AvgIpc) is 3.21. The number of nitrogens with zero attached hydrogens (tertiary/aromatic N) is 1. The zero-order chi connectivity index (χ0) is 22.5. The van der Waals surface area contributed by atoms with Gasteiger partial charge in [0.1, 0.15) is 5.82 Å². The molecule has 3 aromatic carbocycles. The van der Waals surface area contributed by atoms with Crippen LogP contribution in [0.3, 0.4) is 0 Å². The second kappa shape index (κ2) is 9.43. The van der Waals surface area contributed by atoms with Crippen LogP contribution in [0.5, 0.6) is 0 Å². The summed E-state index contributed by atoms with van der Waals surface area (Å²) in [6.45, 7) is 0.560. The van der Waals surface area contributed by atoms with E-state index in [1.807, 2.05) is 30.3 Å². The van der Waals surface area contributed by atoms with Crippen LogP contribution in [0.2, 0.25) is 0 Å². The highest BCUT2D eigenvalue weighted by Crippen LogP contribution is 2.27. The number of benzene rings is 3. The lowest BCUT2D eigenvalue weighted by molar-refractivity contribution is -0.122. The Balaban J connectivity index is 1.42. The molecule has 6 nitrogen and oxygen atoms in total. The summed E-state index contributed by atoms with van der Waals surface area (Å²) in [5, 5.41) is 5.65. The largest absolute Gasteiger partial charge is 0.348 e. The highest BCUT2D eigenvalue weighted by atomic mass is 19.1. The van der Waals surface area contributed by atoms with E-state index in [4.69, 9.17) is 0 Å². The zero-order valence-corrected chi connectivity index (χ0v) is 17.3. The molecule has 0 radical (unpaired) electrons. The lowest BCUT2D eigenvalue weighted by atomic mass is 10.1. The normalized spacial score (nSPS) is 15.5. The van der Waals surface area contributed by atoms with Crippen LogP contribution in [-0.2, 0) is 16.1 Å². The summed E-state index contributed by atoms with van der Waals surface area (Å²) in [4.78, 5) is 39.5. The average molecular weight is 431 g/mol. The molecule has 0 aromatic heterocycles. The number of carbonyl (C=O) groups excluding carboxylic acids is 3. The molecule has 1 heterocycles. The van der Waals surface area contributed by atoms with Gasteiger partial charge in [-0.15, -0.1) is 0 Å². The summed E-state index contributed by atoms with van der Waals surface area (Å²) in [6.07, 6.45) is 0.0472. The lowest BCUT2D eigenvalue weighted by Gasteiger charge is -2.17. The minimum Gasteiger partial charge on any atom is -0.348 e. The van der Waals surface area contributed by atoms with E-state index in [0.717, 1.165) is 5.56 Å². The molecule has 1 atom stereocenters. The van der Waals surface area contributed by atoms with Gasteiger partial charge < -0.3 is 15.5 Å². The number of rotatable bonds is 6. The maximum absolute atomic E-state index is 13.2. The van der Waals surface area contributed by atoms with Gasteiger partial charge in [0.15, 0.2) is 0 Å². The number of anilines is 2. The SMILES string of the molecule is O=C(NCc1ccccc1)c1ccccc1NC(=O)[C@@H]1CC(=O)N(c2ccc(F)cc2)C1. The first kappa shape index (κ1) is 21.2. The van der Waals surface area contributed by atoms with Crippen molar-refractivity contribution in [1.82, 2.24) is 5.32 Å². The van der Waals surface area contributed by atoms with Crippen molar-refractivity contribution in [1.29, 1.82) is 0 Å². The summed E-state index contributed by atoms with van der Waals surface area (Å²) in [7, 11) is 0. The Hall–Kier alpha value is -4.00. The third kappa shape index (κ3) is 4.83. The maximum Gasteiger partial charge on any atom is 0.253 e. The Morgan fingerprint density at radius 1 is 0.938 bits per heavy atom. The molecule has 1 aliphatic heterocycles. The molecule has 0 unspecified atom stereocenters. The van der Waals surface area contributed by atoms with E-state index in [2.05, 4.69) is 10.6 Å². The number of para-hydroxylation sites is 1. The molecule has 0 aliphatic carbocycles. The van der Waals surface area contributed by atoms with E-state index >= 15 is 0 Å². The van der Waals surface area contributed by atoms with Crippen molar-refractivity contribution < 1.29 is 18.8 Å². The summed E-state index contributed by atoms with van der Waals surface area (Å²) in [6, 6.07) is 21.9. The van der Waals surface area contributed by atoms with Crippen molar-refractivity contribution in [3.05, 3.63) is 95.8 Å². The maximum atomic E-state index is 13.2. The number of halogens is 1. The summed E-state index contributed by atoms with van der Waals surface area (Å²) < 4.78 is 13.2. The molecular weight excluding hydrogens is 409 g/mol. The fraction of sp³-hybridized carbons (Fsp3) is 0.160. The number of hydrogen-bond donors (Lipinski definition) is 2. The van der Waals surface area contributed by atoms with Gasteiger partial charge in [-0.1, -0.05) is 42.5 Å². The number of amides is 3. The van der Waals surface area contributed by atoms with Crippen molar-refractivity contribution >= 4 is 29.1 Å². The van der Waals surface area contributed by atoms with Gasteiger partial charge in [0, 0.05) is 25.2 Å². The van der Waals surface area contributed by atoms with E-state index in [0.29, 0.717) is 23.5 Å². The first-order chi connectivity index (χ1) is 15.5. The van der Waals surface area contributed by atoms with Crippen molar-refractivity contribution in [2.24, 2.45) is 5.92 Å². The third-order valence-electron chi connectivity index (χ3n) is 5.36. The summed E-state index contributed by atoms with van der Waals surface area (Å²) in [5.41, 5.74) is 2.24. The van der Waals surface area contributed by atoms with Gasteiger partial charge in [0.05, 0.1) is 17.2 Å². The standard InChI is InChI=1S/C25H22FN3O3/c26-19-10-12-20(13-11-19)29-16-18(14-23(29)30)24(31)28-22-9-5-4-8-21(22)25(32)27-15-17-6-2-1-3-7-17/h1-13,18H,14-16H2,(H,27,32)(H,28,31)/t18-/m1/s1. The van der Waals surface area contributed by atoms with Crippen LogP contribution in [0.1, 0.15) is 22.3 Å². The van der Waals surface area contributed by atoms with E-state index in [9.17, 15) is 18.8 Å². The monoisotopic (exact) mass is 431 g/mol. The smallest absolute Gasteiger partial charge is 0.253 e. The molecule has 162 valence electrons. The topological polar surface area (TPSA) is 78.5 Å². The Kier molecular flexibility index (Phi) is 6.26. The quantitative estimate of drug-likeness (QED) is 0.624. The fourth-order valence-corrected chi connectivity index (χ4v) is 3.65. The molecule has 3 aromatic rings. The van der Waals surface area contributed by atoms with Gasteiger partial charge in [-0.3, -0.25) is 14.4 Å².